The van der Waals surface area contributed by atoms with Gasteiger partial charge in [-0.3, -0.25) is 4.79 Å². The molecule has 1 aliphatic rings. The number of likely N-dealkylation sites (tertiary alicyclic amines) is 1. The van der Waals surface area contributed by atoms with Crippen LogP contribution in [0.2, 0.25) is 0 Å². The van der Waals surface area contributed by atoms with Gasteiger partial charge in [-0.15, -0.1) is 10.2 Å². The molecule has 6 nitrogen and oxygen atoms in total. The third-order valence-corrected chi connectivity index (χ3v) is 4.30. The summed E-state index contributed by atoms with van der Waals surface area (Å²) >= 11 is 0. The molecular weight excluding hydrogens is 304 g/mol. The molecule has 126 valence electrons. The summed E-state index contributed by atoms with van der Waals surface area (Å²) in [6.07, 6.45) is 2.10. The molecule has 0 unspecified atom stereocenters. The van der Waals surface area contributed by atoms with E-state index in [1.54, 1.807) is 19.2 Å². The van der Waals surface area contributed by atoms with Crippen LogP contribution in [0.3, 0.4) is 0 Å². The van der Waals surface area contributed by atoms with Gasteiger partial charge in [-0.25, -0.2) is 0 Å². The Labute approximate surface area is 141 Å². The fourth-order valence-electron chi connectivity index (χ4n) is 2.74. The molecule has 1 N–H and O–H groups in total. The monoisotopic (exact) mass is 326 g/mol. The van der Waals surface area contributed by atoms with E-state index in [1.807, 2.05) is 29.2 Å². The van der Waals surface area contributed by atoms with Gasteiger partial charge in [0.05, 0.1) is 7.11 Å². The number of carbonyl (C=O) groups excluding carboxylic acids is 1. The number of hydrogen-bond acceptors (Lipinski definition) is 5. The number of ether oxygens (including phenoxy) is 1. The van der Waals surface area contributed by atoms with Gasteiger partial charge in [-0.05, 0) is 43.0 Å². The SMILES string of the molecule is COc1cccc(Nc2ccc(C(=O)N3CCC(C)CC3)nn2)c1. The highest BCUT2D eigenvalue weighted by Crippen LogP contribution is 2.21. The summed E-state index contributed by atoms with van der Waals surface area (Å²) in [7, 11) is 1.63. The number of benzene rings is 1. The molecule has 24 heavy (non-hydrogen) atoms. The van der Waals surface area contributed by atoms with Crippen LogP contribution in [0.5, 0.6) is 5.75 Å². The molecule has 2 aromatic rings. The molecule has 0 spiro atoms. The highest BCUT2D eigenvalue weighted by molar-refractivity contribution is 5.92. The number of nitrogens with zero attached hydrogens (tertiary/aromatic N) is 3. The first-order chi connectivity index (χ1) is 11.7. The fourth-order valence-corrected chi connectivity index (χ4v) is 2.74. The van der Waals surface area contributed by atoms with Crippen LogP contribution in [0.4, 0.5) is 11.5 Å². The predicted octanol–water partition coefficient (Wildman–Crippen LogP) is 3.10. The number of methoxy groups -OCH3 is 1. The van der Waals surface area contributed by atoms with Crippen molar-refractivity contribution in [3.8, 4) is 5.75 Å². The third kappa shape index (κ3) is 3.82. The molecule has 2 heterocycles. The Morgan fingerprint density at radius 2 is 2.00 bits per heavy atom. The Morgan fingerprint density at radius 3 is 2.67 bits per heavy atom. The Kier molecular flexibility index (Phi) is 4.93. The van der Waals surface area contributed by atoms with E-state index in [1.165, 1.54) is 0 Å². The Morgan fingerprint density at radius 1 is 1.21 bits per heavy atom. The quantitative estimate of drug-likeness (QED) is 0.935. The van der Waals surface area contributed by atoms with Crippen LogP contribution in [0.1, 0.15) is 30.3 Å². The van der Waals surface area contributed by atoms with Crippen molar-refractivity contribution in [2.45, 2.75) is 19.8 Å². The average molecular weight is 326 g/mol. The Bertz CT molecular complexity index is 694. The zero-order valence-corrected chi connectivity index (χ0v) is 14.0. The van der Waals surface area contributed by atoms with Crippen LogP contribution < -0.4 is 10.1 Å². The smallest absolute Gasteiger partial charge is 0.274 e. The van der Waals surface area contributed by atoms with Crippen molar-refractivity contribution in [2.75, 3.05) is 25.5 Å². The molecule has 1 aliphatic heterocycles. The van der Waals surface area contributed by atoms with Crippen LogP contribution in [0.25, 0.3) is 0 Å². The first-order valence-corrected chi connectivity index (χ1v) is 8.20. The Balaban J connectivity index is 1.65. The van der Waals surface area contributed by atoms with Gasteiger partial charge in [0.1, 0.15) is 5.75 Å². The second-order valence-electron chi connectivity index (χ2n) is 6.14. The van der Waals surface area contributed by atoms with Gasteiger partial charge < -0.3 is 15.0 Å². The van der Waals surface area contributed by atoms with Crippen molar-refractivity contribution in [3.63, 3.8) is 0 Å². The van der Waals surface area contributed by atoms with Crippen LogP contribution in [0, 0.1) is 5.92 Å². The lowest BCUT2D eigenvalue weighted by molar-refractivity contribution is 0.0690. The van der Waals surface area contributed by atoms with Gasteiger partial charge in [0.15, 0.2) is 11.5 Å². The zero-order chi connectivity index (χ0) is 16.9. The van der Waals surface area contributed by atoms with Crippen molar-refractivity contribution in [2.24, 2.45) is 5.92 Å². The summed E-state index contributed by atoms with van der Waals surface area (Å²) in [4.78, 5) is 14.3. The fraction of sp³-hybridized carbons (Fsp3) is 0.389. The molecule has 3 rings (SSSR count). The summed E-state index contributed by atoms with van der Waals surface area (Å²) in [5, 5.41) is 11.3. The van der Waals surface area contributed by atoms with E-state index in [-0.39, 0.29) is 5.91 Å². The molecule has 6 heteroatoms. The van der Waals surface area contributed by atoms with Crippen molar-refractivity contribution < 1.29 is 9.53 Å². The lowest BCUT2D eigenvalue weighted by atomic mass is 9.99. The van der Waals surface area contributed by atoms with Gasteiger partial charge in [-0.1, -0.05) is 13.0 Å². The molecule has 0 radical (unpaired) electrons. The standard InChI is InChI=1S/C18H22N4O2/c1-13-8-10-22(11-9-13)18(23)16-6-7-17(21-20-16)19-14-4-3-5-15(12-14)24-2/h3-7,12-13H,8-11H2,1-2H3,(H,19,21). The predicted molar refractivity (Wildman–Crippen MR) is 92.6 cm³/mol. The lowest BCUT2D eigenvalue weighted by Crippen LogP contribution is -2.38. The van der Waals surface area contributed by atoms with E-state index in [0.717, 1.165) is 37.4 Å². The van der Waals surface area contributed by atoms with Gasteiger partial charge in [0.25, 0.3) is 5.91 Å². The molecule has 0 atom stereocenters. The number of amides is 1. The van der Waals surface area contributed by atoms with Crippen LogP contribution in [0.15, 0.2) is 36.4 Å². The molecule has 1 fully saturated rings. The summed E-state index contributed by atoms with van der Waals surface area (Å²) in [6.45, 7) is 3.82. The molecule has 1 saturated heterocycles. The van der Waals surface area contributed by atoms with E-state index in [9.17, 15) is 4.79 Å². The number of piperidine rings is 1. The third-order valence-electron chi connectivity index (χ3n) is 4.30. The first kappa shape index (κ1) is 16.2. The molecule has 0 bridgehead atoms. The number of carbonyl (C=O) groups is 1. The highest BCUT2D eigenvalue weighted by atomic mass is 16.5. The van der Waals surface area contributed by atoms with E-state index >= 15 is 0 Å². The normalized spacial score (nSPS) is 15.2. The molecule has 1 aromatic heterocycles. The second kappa shape index (κ2) is 7.29. The molecule has 0 saturated carbocycles. The van der Waals surface area contributed by atoms with E-state index in [0.29, 0.717) is 17.4 Å². The minimum atomic E-state index is -0.0395. The number of anilines is 2. The van der Waals surface area contributed by atoms with Gasteiger partial charge in [0.2, 0.25) is 0 Å². The molecule has 1 aromatic carbocycles. The molecule has 1 amide bonds. The van der Waals surface area contributed by atoms with E-state index < -0.39 is 0 Å². The highest BCUT2D eigenvalue weighted by Gasteiger charge is 2.22. The van der Waals surface area contributed by atoms with E-state index in [4.69, 9.17) is 4.74 Å². The van der Waals surface area contributed by atoms with Crippen molar-refractivity contribution in [1.29, 1.82) is 0 Å². The lowest BCUT2D eigenvalue weighted by Gasteiger charge is -2.29. The number of hydrogen-bond donors (Lipinski definition) is 1. The summed E-state index contributed by atoms with van der Waals surface area (Å²) < 4.78 is 5.19. The van der Waals surface area contributed by atoms with Crippen LogP contribution >= 0.6 is 0 Å². The number of nitrogens with one attached hydrogen (secondary N) is 1. The van der Waals surface area contributed by atoms with Gasteiger partial charge in [0, 0.05) is 24.8 Å². The topological polar surface area (TPSA) is 67.3 Å². The van der Waals surface area contributed by atoms with Gasteiger partial charge in [-0.2, -0.15) is 0 Å². The minimum Gasteiger partial charge on any atom is -0.497 e. The maximum atomic E-state index is 12.4. The zero-order valence-electron chi connectivity index (χ0n) is 14.0. The maximum Gasteiger partial charge on any atom is 0.274 e. The molecule has 0 aliphatic carbocycles. The van der Waals surface area contributed by atoms with Crippen molar-refractivity contribution >= 4 is 17.4 Å². The first-order valence-electron chi connectivity index (χ1n) is 8.20. The van der Waals surface area contributed by atoms with E-state index in [2.05, 4.69) is 22.4 Å². The largest absolute Gasteiger partial charge is 0.497 e. The summed E-state index contributed by atoms with van der Waals surface area (Å²) in [5.74, 6) is 2.00. The summed E-state index contributed by atoms with van der Waals surface area (Å²) in [5.41, 5.74) is 1.24. The minimum absolute atomic E-state index is 0.0395. The van der Waals surface area contributed by atoms with Crippen LogP contribution in [-0.2, 0) is 0 Å². The Hall–Kier alpha value is -2.63. The average Bonchev–Trinajstić information content (AvgIpc) is 2.62. The molecular formula is C18H22N4O2. The number of rotatable bonds is 4. The van der Waals surface area contributed by atoms with Crippen molar-refractivity contribution in [1.82, 2.24) is 15.1 Å². The van der Waals surface area contributed by atoms with Crippen LogP contribution in [-0.4, -0.2) is 41.2 Å². The van der Waals surface area contributed by atoms with Crippen molar-refractivity contribution in [3.05, 3.63) is 42.1 Å². The second-order valence-corrected chi connectivity index (χ2v) is 6.14. The number of aromatic nitrogens is 2. The maximum absolute atomic E-state index is 12.4. The summed E-state index contributed by atoms with van der Waals surface area (Å²) in [6, 6.07) is 11.0. The van der Waals surface area contributed by atoms with Gasteiger partial charge >= 0.3 is 0 Å².